The van der Waals surface area contributed by atoms with Crippen LogP contribution in [-0.4, -0.2) is 9.78 Å². The summed E-state index contributed by atoms with van der Waals surface area (Å²) in [6.07, 6.45) is 1.70. The molecule has 2 aromatic rings. The van der Waals surface area contributed by atoms with Crippen LogP contribution in [0.5, 0.6) is 0 Å². The van der Waals surface area contributed by atoms with Gasteiger partial charge in [-0.1, -0.05) is 32.0 Å². The Balaban J connectivity index is 2.40. The number of rotatable bonds is 5. The Kier molecular flexibility index (Phi) is 4.59. The quantitative estimate of drug-likeness (QED) is 0.759. The molecule has 102 valence electrons. The molecule has 19 heavy (non-hydrogen) atoms. The lowest BCUT2D eigenvalue weighted by atomic mass is 10.1. The Labute approximate surface area is 118 Å². The van der Waals surface area contributed by atoms with E-state index < -0.39 is 0 Å². The van der Waals surface area contributed by atoms with Gasteiger partial charge in [0.05, 0.1) is 18.1 Å². The molecule has 1 heterocycles. The first-order chi connectivity index (χ1) is 9.21. The SMILES string of the molecule is CCc1nn(Cc2ccccc2F)c(CC)c1CCl. The highest BCUT2D eigenvalue weighted by atomic mass is 35.5. The minimum absolute atomic E-state index is 0.189. The molecule has 0 spiro atoms. The zero-order chi connectivity index (χ0) is 13.8. The van der Waals surface area contributed by atoms with Crippen molar-refractivity contribution in [3.8, 4) is 0 Å². The van der Waals surface area contributed by atoms with Gasteiger partial charge in [0.1, 0.15) is 5.82 Å². The molecule has 0 aliphatic carbocycles. The second-order valence-electron chi connectivity index (χ2n) is 4.46. The van der Waals surface area contributed by atoms with Gasteiger partial charge in [-0.15, -0.1) is 11.6 Å². The van der Waals surface area contributed by atoms with Crippen LogP contribution in [0.2, 0.25) is 0 Å². The van der Waals surface area contributed by atoms with Crippen LogP contribution in [0, 0.1) is 5.82 Å². The smallest absolute Gasteiger partial charge is 0.128 e. The molecule has 1 aromatic carbocycles. The third-order valence-corrected chi connectivity index (χ3v) is 3.60. The van der Waals surface area contributed by atoms with E-state index >= 15 is 0 Å². The Hall–Kier alpha value is -1.35. The maximum absolute atomic E-state index is 13.7. The van der Waals surface area contributed by atoms with Gasteiger partial charge in [-0.3, -0.25) is 4.68 Å². The molecule has 0 bridgehead atoms. The summed E-state index contributed by atoms with van der Waals surface area (Å²) >= 11 is 6.01. The van der Waals surface area contributed by atoms with E-state index in [0.29, 0.717) is 18.0 Å². The van der Waals surface area contributed by atoms with Gasteiger partial charge in [0.2, 0.25) is 0 Å². The average molecular weight is 281 g/mol. The summed E-state index contributed by atoms with van der Waals surface area (Å²) in [5.74, 6) is 0.273. The van der Waals surface area contributed by atoms with Crippen LogP contribution in [0.25, 0.3) is 0 Å². The molecular formula is C15H18ClFN2. The molecule has 0 aliphatic heterocycles. The molecule has 0 saturated heterocycles. The molecule has 2 nitrogen and oxygen atoms in total. The molecule has 0 fully saturated rings. The number of hydrogen-bond donors (Lipinski definition) is 0. The molecule has 0 atom stereocenters. The number of aromatic nitrogens is 2. The van der Waals surface area contributed by atoms with Crippen molar-refractivity contribution in [1.29, 1.82) is 0 Å². The number of benzene rings is 1. The van der Waals surface area contributed by atoms with Crippen LogP contribution in [0.15, 0.2) is 24.3 Å². The highest BCUT2D eigenvalue weighted by molar-refractivity contribution is 6.17. The van der Waals surface area contributed by atoms with Crippen LogP contribution in [-0.2, 0) is 25.3 Å². The van der Waals surface area contributed by atoms with Gasteiger partial charge in [-0.25, -0.2) is 4.39 Å². The largest absolute Gasteiger partial charge is 0.264 e. The molecule has 1 aromatic heterocycles. The Morgan fingerprint density at radius 2 is 1.95 bits per heavy atom. The van der Waals surface area contributed by atoms with Gasteiger partial charge in [0.15, 0.2) is 0 Å². The van der Waals surface area contributed by atoms with Gasteiger partial charge in [0, 0.05) is 16.8 Å². The maximum Gasteiger partial charge on any atom is 0.128 e. The van der Waals surface area contributed by atoms with Crippen molar-refractivity contribution < 1.29 is 4.39 Å². The molecule has 0 unspecified atom stereocenters. The van der Waals surface area contributed by atoms with E-state index in [1.807, 2.05) is 10.7 Å². The Morgan fingerprint density at radius 1 is 1.21 bits per heavy atom. The minimum Gasteiger partial charge on any atom is -0.264 e. The number of hydrogen-bond acceptors (Lipinski definition) is 1. The van der Waals surface area contributed by atoms with E-state index in [-0.39, 0.29) is 5.82 Å². The first-order valence-corrected chi connectivity index (χ1v) is 7.11. The Bertz CT molecular complexity index is 563. The molecule has 0 aliphatic rings. The van der Waals surface area contributed by atoms with E-state index in [9.17, 15) is 4.39 Å². The van der Waals surface area contributed by atoms with Crippen LogP contribution < -0.4 is 0 Å². The molecule has 2 rings (SSSR count). The standard InChI is InChI=1S/C15H18ClFN2/c1-3-14-12(9-16)15(4-2)19(18-14)10-11-7-5-6-8-13(11)17/h5-8H,3-4,9-10H2,1-2H3. The molecule has 0 amide bonds. The topological polar surface area (TPSA) is 17.8 Å². The number of halogens is 2. The molecular weight excluding hydrogens is 263 g/mol. The lowest BCUT2D eigenvalue weighted by Crippen LogP contribution is -2.08. The fraction of sp³-hybridized carbons (Fsp3) is 0.400. The van der Waals surface area contributed by atoms with E-state index in [1.54, 1.807) is 12.1 Å². The zero-order valence-electron chi connectivity index (χ0n) is 11.3. The molecule has 4 heteroatoms. The second-order valence-corrected chi connectivity index (χ2v) is 4.73. The van der Waals surface area contributed by atoms with Gasteiger partial charge in [-0.2, -0.15) is 5.10 Å². The average Bonchev–Trinajstić information content (AvgIpc) is 2.78. The lowest BCUT2D eigenvalue weighted by Gasteiger charge is -2.08. The summed E-state index contributed by atoms with van der Waals surface area (Å²) in [6, 6.07) is 6.82. The molecule has 0 radical (unpaired) electrons. The highest BCUT2D eigenvalue weighted by Gasteiger charge is 2.15. The van der Waals surface area contributed by atoms with Crippen LogP contribution in [0.4, 0.5) is 4.39 Å². The van der Waals surface area contributed by atoms with Gasteiger partial charge < -0.3 is 0 Å². The summed E-state index contributed by atoms with van der Waals surface area (Å²) in [5.41, 5.74) is 3.88. The van der Waals surface area contributed by atoms with Gasteiger partial charge in [-0.05, 0) is 18.9 Å². The Morgan fingerprint density at radius 3 is 2.53 bits per heavy atom. The minimum atomic E-state index is -0.189. The first-order valence-electron chi connectivity index (χ1n) is 6.58. The third kappa shape index (κ3) is 2.81. The van der Waals surface area contributed by atoms with E-state index in [1.165, 1.54) is 6.07 Å². The fourth-order valence-electron chi connectivity index (χ4n) is 2.34. The predicted molar refractivity (Wildman–Crippen MR) is 76.0 cm³/mol. The summed E-state index contributed by atoms with van der Waals surface area (Å²) in [5, 5.41) is 4.57. The van der Waals surface area contributed by atoms with Crippen molar-refractivity contribution >= 4 is 11.6 Å². The normalized spacial score (nSPS) is 10.9. The summed E-state index contributed by atoms with van der Waals surface area (Å²) in [7, 11) is 0. The van der Waals surface area contributed by atoms with Gasteiger partial charge in [0.25, 0.3) is 0 Å². The highest BCUT2D eigenvalue weighted by Crippen LogP contribution is 2.20. The van der Waals surface area contributed by atoms with E-state index in [0.717, 1.165) is 29.8 Å². The maximum atomic E-state index is 13.7. The summed E-state index contributed by atoms with van der Waals surface area (Å²) < 4.78 is 15.6. The van der Waals surface area contributed by atoms with Crippen molar-refractivity contribution in [3.05, 3.63) is 52.6 Å². The monoisotopic (exact) mass is 280 g/mol. The fourth-order valence-corrected chi connectivity index (χ4v) is 2.65. The summed E-state index contributed by atoms with van der Waals surface area (Å²) in [6.45, 7) is 4.59. The van der Waals surface area contributed by atoms with E-state index in [4.69, 9.17) is 11.6 Å². The van der Waals surface area contributed by atoms with Crippen molar-refractivity contribution in [3.63, 3.8) is 0 Å². The van der Waals surface area contributed by atoms with Crippen LogP contribution in [0.3, 0.4) is 0 Å². The lowest BCUT2D eigenvalue weighted by molar-refractivity contribution is 0.573. The third-order valence-electron chi connectivity index (χ3n) is 3.33. The van der Waals surface area contributed by atoms with Crippen LogP contribution >= 0.6 is 11.6 Å². The van der Waals surface area contributed by atoms with Crippen LogP contribution in [0.1, 0.15) is 36.4 Å². The predicted octanol–water partition coefficient (Wildman–Crippen LogP) is 3.93. The van der Waals surface area contributed by atoms with Crippen molar-refractivity contribution in [1.82, 2.24) is 9.78 Å². The second kappa shape index (κ2) is 6.20. The number of aryl methyl sites for hydroxylation is 1. The van der Waals surface area contributed by atoms with Crippen molar-refractivity contribution in [2.24, 2.45) is 0 Å². The number of nitrogens with zero attached hydrogens (tertiary/aromatic N) is 2. The van der Waals surface area contributed by atoms with Crippen molar-refractivity contribution in [2.45, 2.75) is 39.1 Å². The number of alkyl halides is 1. The molecule has 0 N–H and O–H groups in total. The summed E-state index contributed by atoms with van der Waals surface area (Å²) in [4.78, 5) is 0. The van der Waals surface area contributed by atoms with E-state index in [2.05, 4.69) is 18.9 Å². The molecule has 0 saturated carbocycles. The van der Waals surface area contributed by atoms with Crippen molar-refractivity contribution in [2.75, 3.05) is 0 Å². The zero-order valence-corrected chi connectivity index (χ0v) is 12.0. The first kappa shape index (κ1) is 14.1. The van der Waals surface area contributed by atoms with Gasteiger partial charge >= 0.3 is 0 Å².